The highest BCUT2D eigenvalue weighted by molar-refractivity contribution is 7.91. The Balaban J connectivity index is 1.56. The summed E-state index contributed by atoms with van der Waals surface area (Å²) in [7, 11) is -3.46. The van der Waals surface area contributed by atoms with Gasteiger partial charge in [0.1, 0.15) is 22.7 Å². The highest BCUT2D eigenvalue weighted by Crippen LogP contribution is 2.37. The second-order valence-corrected chi connectivity index (χ2v) is 9.59. The lowest BCUT2D eigenvalue weighted by Crippen LogP contribution is -2.05. The van der Waals surface area contributed by atoms with Crippen molar-refractivity contribution in [1.29, 1.82) is 0 Å². The molecule has 5 rings (SSSR count). The molecule has 0 radical (unpaired) electrons. The SMILES string of the molecule is CCS(=O)(=O)c1ccc(Oc2cc(Oc3c(F)cccc3F)c3nc(-c4ccn[nH]4)[nH]c3c2)cn1. The van der Waals surface area contributed by atoms with Crippen molar-refractivity contribution in [3.05, 3.63) is 72.6 Å². The third-order valence-corrected chi connectivity index (χ3v) is 6.69. The van der Waals surface area contributed by atoms with Crippen molar-refractivity contribution < 1.29 is 26.7 Å². The number of nitrogens with one attached hydrogen (secondary N) is 2. The number of fused-ring (bicyclic) bond motifs is 1. The lowest BCUT2D eigenvalue weighted by atomic mass is 10.2. The van der Waals surface area contributed by atoms with E-state index in [4.69, 9.17) is 9.47 Å². The van der Waals surface area contributed by atoms with Crippen LogP contribution in [0.4, 0.5) is 8.78 Å². The van der Waals surface area contributed by atoms with Gasteiger partial charge in [0.2, 0.25) is 0 Å². The van der Waals surface area contributed by atoms with Gasteiger partial charge < -0.3 is 14.5 Å². The number of hydrogen-bond donors (Lipinski definition) is 2. The fourth-order valence-corrected chi connectivity index (χ4v) is 4.08. The molecule has 0 spiro atoms. The topological polar surface area (TPSA) is 123 Å². The quantitative estimate of drug-likeness (QED) is 0.324. The Morgan fingerprint density at radius 3 is 2.46 bits per heavy atom. The van der Waals surface area contributed by atoms with E-state index in [1.807, 2.05) is 0 Å². The molecule has 0 aliphatic rings. The van der Waals surface area contributed by atoms with Gasteiger partial charge in [-0.15, -0.1) is 0 Å². The molecule has 2 aromatic carbocycles. The van der Waals surface area contributed by atoms with Crippen molar-refractivity contribution >= 4 is 20.9 Å². The maximum absolute atomic E-state index is 14.3. The molecule has 2 N–H and O–H groups in total. The largest absolute Gasteiger partial charge is 0.456 e. The molecule has 0 aliphatic heterocycles. The van der Waals surface area contributed by atoms with E-state index in [1.54, 1.807) is 18.3 Å². The van der Waals surface area contributed by atoms with Gasteiger partial charge in [0.25, 0.3) is 0 Å². The fraction of sp³-hybridized carbons (Fsp3) is 0.0870. The Morgan fingerprint density at radius 1 is 1.00 bits per heavy atom. The predicted octanol–water partition coefficient (Wildman–Crippen LogP) is 5.00. The summed E-state index contributed by atoms with van der Waals surface area (Å²) in [6.07, 6.45) is 2.82. The van der Waals surface area contributed by atoms with Crippen molar-refractivity contribution in [3.63, 3.8) is 0 Å². The van der Waals surface area contributed by atoms with Gasteiger partial charge in [0.15, 0.2) is 43.8 Å². The molecule has 0 unspecified atom stereocenters. The first kappa shape index (κ1) is 22.5. The molecule has 0 atom stereocenters. The summed E-state index contributed by atoms with van der Waals surface area (Å²) >= 11 is 0. The smallest absolute Gasteiger partial charge is 0.198 e. The summed E-state index contributed by atoms with van der Waals surface area (Å²) in [5, 5.41) is 6.61. The number of halogens is 2. The zero-order valence-electron chi connectivity index (χ0n) is 18.1. The van der Waals surface area contributed by atoms with Crippen molar-refractivity contribution in [2.75, 3.05) is 5.75 Å². The molecule has 3 heterocycles. The van der Waals surface area contributed by atoms with E-state index in [0.29, 0.717) is 22.6 Å². The number of ether oxygens (including phenoxy) is 2. The van der Waals surface area contributed by atoms with E-state index >= 15 is 0 Å². The number of nitrogens with zero attached hydrogens (tertiary/aromatic N) is 3. The van der Waals surface area contributed by atoms with Crippen molar-refractivity contribution in [2.45, 2.75) is 11.9 Å². The summed E-state index contributed by atoms with van der Waals surface area (Å²) in [6, 6.07) is 10.9. The third-order valence-electron chi connectivity index (χ3n) is 5.06. The van der Waals surface area contributed by atoms with Crippen LogP contribution in [0.2, 0.25) is 0 Å². The van der Waals surface area contributed by atoms with Gasteiger partial charge in [-0.25, -0.2) is 27.2 Å². The number of pyridine rings is 1. The van der Waals surface area contributed by atoms with E-state index in [-0.39, 0.29) is 28.0 Å². The van der Waals surface area contributed by atoms with Gasteiger partial charge in [-0.2, -0.15) is 5.10 Å². The number of para-hydroxylation sites is 1. The third kappa shape index (κ3) is 4.43. The Bertz CT molecular complexity index is 1600. The van der Waals surface area contributed by atoms with Crippen LogP contribution in [0, 0.1) is 11.6 Å². The zero-order valence-corrected chi connectivity index (χ0v) is 18.9. The second-order valence-electron chi connectivity index (χ2n) is 7.36. The van der Waals surface area contributed by atoms with Gasteiger partial charge in [-0.1, -0.05) is 13.0 Å². The van der Waals surface area contributed by atoms with Gasteiger partial charge in [0.05, 0.1) is 17.5 Å². The van der Waals surface area contributed by atoms with Crippen LogP contribution < -0.4 is 9.47 Å². The maximum atomic E-state index is 14.3. The van der Waals surface area contributed by atoms with Crippen LogP contribution in [-0.2, 0) is 9.84 Å². The fourth-order valence-electron chi connectivity index (χ4n) is 3.30. The summed E-state index contributed by atoms with van der Waals surface area (Å²) in [6.45, 7) is 1.53. The lowest BCUT2D eigenvalue weighted by molar-refractivity contribution is 0.406. The predicted molar refractivity (Wildman–Crippen MR) is 122 cm³/mol. The number of imidazole rings is 1. The van der Waals surface area contributed by atoms with Gasteiger partial charge >= 0.3 is 0 Å². The molecular formula is C23H17F2N5O4S. The Kier molecular flexibility index (Phi) is 5.65. The van der Waals surface area contributed by atoms with Crippen LogP contribution in [0.5, 0.6) is 23.0 Å². The first-order chi connectivity index (χ1) is 16.8. The average molecular weight is 497 g/mol. The summed E-state index contributed by atoms with van der Waals surface area (Å²) < 4.78 is 64.0. The van der Waals surface area contributed by atoms with E-state index in [0.717, 1.165) is 12.1 Å². The maximum Gasteiger partial charge on any atom is 0.198 e. The minimum atomic E-state index is -3.46. The molecule has 0 bridgehead atoms. The highest BCUT2D eigenvalue weighted by Gasteiger charge is 2.19. The number of hydrogen-bond acceptors (Lipinski definition) is 7. The molecule has 35 heavy (non-hydrogen) atoms. The van der Waals surface area contributed by atoms with Crippen LogP contribution in [0.1, 0.15) is 6.92 Å². The highest BCUT2D eigenvalue weighted by atomic mass is 32.2. The zero-order chi connectivity index (χ0) is 24.6. The number of rotatable bonds is 7. The molecule has 178 valence electrons. The molecule has 0 saturated heterocycles. The van der Waals surface area contributed by atoms with Crippen LogP contribution in [0.25, 0.3) is 22.6 Å². The van der Waals surface area contributed by atoms with Gasteiger partial charge in [-0.3, -0.25) is 5.10 Å². The molecule has 5 aromatic rings. The molecule has 0 amide bonds. The van der Waals surface area contributed by atoms with Crippen LogP contribution >= 0.6 is 0 Å². The Hall–Kier alpha value is -4.32. The molecule has 0 fully saturated rings. The number of sulfone groups is 1. The van der Waals surface area contributed by atoms with Crippen molar-refractivity contribution in [1.82, 2.24) is 25.1 Å². The Morgan fingerprint density at radius 2 is 1.80 bits per heavy atom. The van der Waals surface area contributed by atoms with Crippen LogP contribution in [0.3, 0.4) is 0 Å². The molecular weight excluding hydrogens is 480 g/mol. The second kappa shape index (κ2) is 8.80. The first-order valence-corrected chi connectivity index (χ1v) is 12.0. The standard InChI is InChI=1S/C23H17F2N5O4S/c1-2-35(31,32)20-7-6-13(12-26-20)33-14-10-18-21(29-23(28-18)17-8-9-27-30-17)19(11-14)34-22-15(24)4-3-5-16(22)25/h3-12H,2H2,1H3,(H,27,30)(H,28,29). The van der Waals surface area contributed by atoms with Gasteiger partial charge in [-0.05, 0) is 30.3 Å². The summed E-state index contributed by atoms with van der Waals surface area (Å²) in [4.78, 5) is 11.5. The minimum Gasteiger partial charge on any atom is -0.456 e. The number of H-pyrrole nitrogens is 2. The molecule has 3 aromatic heterocycles. The summed E-state index contributed by atoms with van der Waals surface area (Å²) in [5.74, 6) is -1.51. The van der Waals surface area contributed by atoms with E-state index in [2.05, 4.69) is 25.1 Å². The monoisotopic (exact) mass is 497 g/mol. The van der Waals surface area contributed by atoms with E-state index in [9.17, 15) is 17.2 Å². The number of benzene rings is 2. The average Bonchev–Trinajstić information content (AvgIpc) is 3.52. The minimum absolute atomic E-state index is 0.0293. The number of aromatic amines is 2. The first-order valence-electron chi connectivity index (χ1n) is 10.4. The van der Waals surface area contributed by atoms with E-state index in [1.165, 1.54) is 37.4 Å². The molecule has 12 heteroatoms. The van der Waals surface area contributed by atoms with Crippen LogP contribution in [-0.4, -0.2) is 39.3 Å². The lowest BCUT2D eigenvalue weighted by Gasteiger charge is -2.11. The van der Waals surface area contributed by atoms with E-state index < -0.39 is 27.2 Å². The molecule has 0 saturated carbocycles. The normalized spacial score (nSPS) is 11.6. The van der Waals surface area contributed by atoms with Crippen LogP contribution in [0.15, 0.2) is 66.0 Å². The van der Waals surface area contributed by atoms with Crippen molar-refractivity contribution in [2.24, 2.45) is 0 Å². The summed E-state index contributed by atoms with van der Waals surface area (Å²) in [5.41, 5.74) is 1.34. The number of aromatic nitrogens is 5. The van der Waals surface area contributed by atoms with Gasteiger partial charge in [0, 0.05) is 18.3 Å². The molecule has 0 aliphatic carbocycles. The molecule has 9 nitrogen and oxygen atoms in total. The Labute approximate surface area is 197 Å². The van der Waals surface area contributed by atoms with Crippen molar-refractivity contribution in [3.8, 4) is 34.5 Å².